The zero-order valence-corrected chi connectivity index (χ0v) is 12.1. The minimum atomic E-state index is 0.207. The molecule has 2 N–H and O–H groups in total. The average Bonchev–Trinajstić information content (AvgIpc) is 2.81. The van der Waals surface area contributed by atoms with Gasteiger partial charge in [0.1, 0.15) is 12.4 Å². The number of hydrogen-bond acceptors (Lipinski definition) is 2. The fraction of sp³-hybridized carbons (Fsp3) is 0.333. The van der Waals surface area contributed by atoms with Gasteiger partial charge in [0.25, 0.3) is 0 Å². The van der Waals surface area contributed by atoms with Crippen LogP contribution in [0.2, 0.25) is 0 Å². The highest BCUT2D eigenvalue weighted by Crippen LogP contribution is 2.32. The highest BCUT2D eigenvalue weighted by Gasteiger charge is 2.19. The maximum Gasteiger partial charge on any atom is 0.120 e. The van der Waals surface area contributed by atoms with Crippen LogP contribution < -0.4 is 10.5 Å². The molecule has 2 aromatic carbocycles. The van der Waals surface area contributed by atoms with E-state index in [-0.39, 0.29) is 6.04 Å². The fourth-order valence-electron chi connectivity index (χ4n) is 2.83. The normalized spacial score (nSPS) is 17.1. The lowest BCUT2D eigenvalue weighted by Crippen LogP contribution is -2.05. The Morgan fingerprint density at radius 2 is 2.00 bits per heavy atom. The van der Waals surface area contributed by atoms with Gasteiger partial charge in [0.05, 0.1) is 0 Å². The number of aryl methyl sites for hydroxylation is 3. The molecule has 0 fully saturated rings. The number of ether oxygens (including phenoxy) is 1. The largest absolute Gasteiger partial charge is 0.489 e. The van der Waals surface area contributed by atoms with Gasteiger partial charge in [-0.05, 0) is 61.1 Å². The third-order valence-electron chi connectivity index (χ3n) is 4.14. The molecule has 0 spiro atoms. The topological polar surface area (TPSA) is 35.2 Å². The van der Waals surface area contributed by atoms with Crippen molar-refractivity contribution in [3.63, 3.8) is 0 Å². The van der Waals surface area contributed by atoms with Crippen molar-refractivity contribution in [2.45, 2.75) is 39.3 Å². The van der Waals surface area contributed by atoms with E-state index in [0.717, 1.165) is 18.6 Å². The molecule has 1 atom stereocenters. The molecular formula is C18H21NO. The molecule has 3 rings (SSSR count). The number of benzene rings is 2. The van der Waals surface area contributed by atoms with Crippen LogP contribution in [0.5, 0.6) is 5.75 Å². The van der Waals surface area contributed by atoms with Crippen molar-refractivity contribution >= 4 is 0 Å². The van der Waals surface area contributed by atoms with Crippen LogP contribution in [0.3, 0.4) is 0 Å². The fourth-order valence-corrected chi connectivity index (χ4v) is 2.83. The minimum Gasteiger partial charge on any atom is -0.489 e. The molecule has 2 nitrogen and oxygen atoms in total. The van der Waals surface area contributed by atoms with Gasteiger partial charge in [-0.15, -0.1) is 0 Å². The maximum absolute atomic E-state index is 6.06. The molecule has 2 heteroatoms. The first kappa shape index (κ1) is 13.2. The lowest BCUT2D eigenvalue weighted by Gasteiger charge is -2.11. The van der Waals surface area contributed by atoms with Crippen LogP contribution in [-0.4, -0.2) is 0 Å². The Balaban J connectivity index is 1.74. The van der Waals surface area contributed by atoms with E-state index in [9.17, 15) is 0 Å². The summed E-state index contributed by atoms with van der Waals surface area (Å²) in [7, 11) is 0. The molecule has 1 aliphatic carbocycles. The molecule has 0 aliphatic heterocycles. The molecule has 0 aromatic heterocycles. The van der Waals surface area contributed by atoms with Gasteiger partial charge < -0.3 is 10.5 Å². The quantitative estimate of drug-likeness (QED) is 0.917. The monoisotopic (exact) mass is 267 g/mol. The molecule has 0 heterocycles. The van der Waals surface area contributed by atoms with Crippen LogP contribution in [0, 0.1) is 13.8 Å². The van der Waals surface area contributed by atoms with E-state index in [0.29, 0.717) is 6.61 Å². The van der Waals surface area contributed by atoms with Gasteiger partial charge in [-0.3, -0.25) is 0 Å². The van der Waals surface area contributed by atoms with Gasteiger partial charge in [0.15, 0.2) is 0 Å². The van der Waals surface area contributed by atoms with E-state index in [1.807, 2.05) is 6.07 Å². The van der Waals surface area contributed by atoms with Gasteiger partial charge in [-0.1, -0.05) is 29.8 Å². The summed E-state index contributed by atoms with van der Waals surface area (Å²) in [5, 5.41) is 0. The van der Waals surface area contributed by atoms with Crippen molar-refractivity contribution in [3.05, 3.63) is 64.2 Å². The predicted molar refractivity (Wildman–Crippen MR) is 81.9 cm³/mol. The SMILES string of the molecule is Cc1ccc(C)c(COc2ccc3c(c2)CC[C@@H]3N)c1. The summed E-state index contributed by atoms with van der Waals surface area (Å²) in [6.07, 6.45) is 2.12. The van der Waals surface area contributed by atoms with Crippen molar-refractivity contribution < 1.29 is 4.74 Å². The van der Waals surface area contributed by atoms with Crippen molar-refractivity contribution in [1.82, 2.24) is 0 Å². The molecule has 0 unspecified atom stereocenters. The van der Waals surface area contributed by atoms with Crippen molar-refractivity contribution in [1.29, 1.82) is 0 Å². The number of nitrogens with two attached hydrogens (primary N) is 1. The summed E-state index contributed by atoms with van der Waals surface area (Å²) in [5.74, 6) is 0.943. The van der Waals surface area contributed by atoms with Gasteiger partial charge in [-0.2, -0.15) is 0 Å². The molecule has 0 saturated carbocycles. The number of rotatable bonds is 3. The Bertz CT molecular complexity index is 633. The Kier molecular flexibility index (Phi) is 3.49. The Hall–Kier alpha value is -1.80. The van der Waals surface area contributed by atoms with E-state index in [4.69, 9.17) is 10.5 Å². The highest BCUT2D eigenvalue weighted by atomic mass is 16.5. The first-order valence-corrected chi connectivity index (χ1v) is 7.21. The Labute approximate surface area is 120 Å². The van der Waals surface area contributed by atoms with E-state index in [2.05, 4.69) is 44.2 Å². The predicted octanol–water partition coefficient (Wildman–Crippen LogP) is 3.83. The summed E-state index contributed by atoms with van der Waals surface area (Å²) in [6.45, 7) is 4.86. The van der Waals surface area contributed by atoms with Crippen LogP contribution in [0.4, 0.5) is 0 Å². The summed E-state index contributed by atoms with van der Waals surface area (Å²) >= 11 is 0. The van der Waals surface area contributed by atoms with Crippen molar-refractivity contribution in [2.24, 2.45) is 5.73 Å². The molecule has 104 valence electrons. The molecule has 20 heavy (non-hydrogen) atoms. The van der Waals surface area contributed by atoms with Crippen LogP contribution in [0.1, 0.15) is 40.3 Å². The number of fused-ring (bicyclic) bond motifs is 1. The third-order valence-corrected chi connectivity index (χ3v) is 4.14. The number of hydrogen-bond donors (Lipinski definition) is 1. The van der Waals surface area contributed by atoms with Gasteiger partial charge >= 0.3 is 0 Å². The van der Waals surface area contributed by atoms with E-state index < -0.39 is 0 Å². The smallest absolute Gasteiger partial charge is 0.120 e. The zero-order valence-electron chi connectivity index (χ0n) is 12.1. The van der Waals surface area contributed by atoms with Crippen LogP contribution in [0.25, 0.3) is 0 Å². The van der Waals surface area contributed by atoms with Crippen molar-refractivity contribution in [2.75, 3.05) is 0 Å². The molecule has 0 amide bonds. The lowest BCUT2D eigenvalue weighted by molar-refractivity contribution is 0.305. The van der Waals surface area contributed by atoms with Crippen LogP contribution in [-0.2, 0) is 13.0 Å². The average molecular weight is 267 g/mol. The zero-order chi connectivity index (χ0) is 14.1. The molecule has 0 radical (unpaired) electrons. The summed E-state index contributed by atoms with van der Waals surface area (Å²) in [6, 6.07) is 13.0. The summed E-state index contributed by atoms with van der Waals surface area (Å²) in [4.78, 5) is 0. The first-order chi connectivity index (χ1) is 9.63. The van der Waals surface area contributed by atoms with Crippen LogP contribution >= 0.6 is 0 Å². The molecule has 0 saturated heterocycles. The first-order valence-electron chi connectivity index (χ1n) is 7.21. The van der Waals surface area contributed by atoms with Crippen LogP contribution in [0.15, 0.2) is 36.4 Å². The highest BCUT2D eigenvalue weighted by molar-refractivity contribution is 5.40. The second-order valence-electron chi connectivity index (χ2n) is 5.72. The van der Waals surface area contributed by atoms with E-state index in [1.54, 1.807) is 0 Å². The second kappa shape index (κ2) is 5.29. The minimum absolute atomic E-state index is 0.207. The molecule has 2 aromatic rings. The Morgan fingerprint density at radius 3 is 2.85 bits per heavy atom. The van der Waals surface area contributed by atoms with Gasteiger partial charge in [0, 0.05) is 6.04 Å². The van der Waals surface area contributed by atoms with E-state index >= 15 is 0 Å². The van der Waals surface area contributed by atoms with Crippen molar-refractivity contribution in [3.8, 4) is 5.75 Å². The van der Waals surface area contributed by atoms with Gasteiger partial charge in [0.2, 0.25) is 0 Å². The van der Waals surface area contributed by atoms with E-state index in [1.165, 1.54) is 27.8 Å². The lowest BCUT2D eigenvalue weighted by atomic mass is 10.1. The van der Waals surface area contributed by atoms with Gasteiger partial charge in [-0.25, -0.2) is 0 Å². The second-order valence-corrected chi connectivity index (χ2v) is 5.72. The molecule has 0 bridgehead atoms. The maximum atomic E-state index is 6.06. The summed E-state index contributed by atoms with van der Waals surface area (Å²) in [5.41, 5.74) is 12.5. The Morgan fingerprint density at radius 1 is 1.15 bits per heavy atom. The summed E-state index contributed by atoms with van der Waals surface area (Å²) < 4.78 is 5.95. The third kappa shape index (κ3) is 2.56. The standard InChI is InChI=1S/C18H21NO/c1-12-3-4-13(2)15(9-12)11-20-16-6-7-17-14(10-16)5-8-18(17)19/h3-4,6-7,9-10,18H,5,8,11,19H2,1-2H3/t18-/m0/s1. The molecular weight excluding hydrogens is 246 g/mol. The molecule has 1 aliphatic rings.